The number of aryl methyl sites for hydroxylation is 1. The number of benzene rings is 1. The monoisotopic (exact) mass is 318 g/mol. The quantitative estimate of drug-likeness (QED) is 0.796. The van der Waals surface area contributed by atoms with Crippen molar-refractivity contribution in [2.45, 2.75) is 13.5 Å². The summed E-state index contributed by atoms with van der Waals surface area (Å²) in [4.78, 5) is 3.94. The van der Waals surface area contributed by atoms with Gasteiger partial charge in [-0.15, -0.1) is 0 Å². The van der Waals surface area contributed by atoms with Gasteiger partial charge in [-0.1, -0.05) is 40.9 Å². The van der Waals surface area contributed by atoms with Gasteiger partial charge in [0.15, 0.2) is 5.15 Å². The summed E-state index contributed by atoms with van der Waals surface area (Å²) in [6, 6.07) is 6.22. The third-order valence-corrected chi connectivity index (χ3v) is 3.31. The molecule has 0 aliphatic rings. The Bertz CT molecular complexity index is 594. The topological polar surface area (TPSA) is 24.9 Å². The summed E-state index contributed by atoms with van der Waals surface area (Å²) in [6.45, 7) is 2.13. The third kappa shape index (κ3) is 3.50. The molecule has 1 aromatic carbocycles. The lowest BCUT2D eigenvalue weighted by Crippen LogP contribution is -2.04. The summed E-state index contributed by atoms with van der Waals surface area (Å²) in [5, 5.41) is 4.00. The van der Waals surface area contributed by atoms with Gasteiger partial charge in [0.1, 0.15) is 11.0 Å². The Kier molecular flexibility index (Phi) is 4.50. The van der Waals surface area contributed by atoms with E-state index in [-0.39, 0.29) is 17.5 Å². The second kappa shape index (κ2) is 5.95. The molecule has 0 fully saturated rings. The smallest absolute Gasteiger partial charge is 0.154 e. The lowest BCUT2D eigenvalue weighted by atomic mass is 10.2. The van der Waals surface area contributed by atoms with Crippen LogP contribution in [0, 0.1) is 12.7 Å². The van der Waals surface area contributed by atoms with E-state index in [0.717, 1.165) is 5.56 Å². The first-order valence-electron chi connectivity index (χ1n) is 5.48. The molecule has 2 nitrogen and oxygen atoms in total. The molecule has 6 heteroatoms. The fourth-order valence-electron chi connectivity index (χ4n) is 1.66. The van der Waals surface area contributed by atoms with E-state index in [1.807, 2.05) is 6.92 Å². The van der Waals surface area contributed by atoms with Crippen molar-refractivity contribution in [1.29, 1.82) is 0 Å². The summed E-state index contributed by atoms with van der Waals surface area (Å²) in [5.41, 5.74) is 1.98. The van der Waals surface area contributed by atoms with Gasteiger partial charge in [0.2, 0.25) is 0 Å². The Morgan fingerprint density at radius 2 is 1.95 bits per heavy atom. The van der Waals surface area contributed by atoms with E-state index in [4.69, 9.17) is 34.8 Å². The fraction of sp³-hybridized carbons (Fsp3) is 0.154. The van der Waals surface area contributed by atoms with Crippen LogP contribution in [-0.4, -0.2) is 4.98 Å². The van der Waals surface area contributed by atoms with E-state index in [9.17, 15) is 4.39 Å². The minimum Gasteiger partial charge on any atom is -0.378 e. The first-order valence-corrected chi connectivity index (χ1v) is 6.61. The molecule has 19 heavy (non-hydrogen) atoms. The minimum atomic E-state index is -0.365. The maximum Gasteiger partial charge on any atom is 0.154 e. The van der Waals surface area contributed by atoms with Crippen LogP contribution in [0.5, 0.6) is 0 Å². The van der Waals surface area contributed by atoms with Crippen LogP contribution in [0.15, 0.2) is 24.3 Å². The van der Waals surface area contributed by atoms with Crippen LogP contribution in [0.1, 0.15) is 11.1 Å². The standard InChI is InChI=1S/C13H10Cl3FN2/c1-7-4-11(15)19-13(16)12(7)18-6-8-2-3-9(14)5-10(8)17/h2-5,18H,6H2,1H3. The average Bonchev–Trinajstić information content (AvgIpc) is 2.30. The maximum absolute atomic E-state index is 13.6. The zero-order valence-corrected chi connectivity index (χ0v) is 12.2. The molecule has 0 atom stereocenters. The van der Waals surface area contributed by atoms with Crippen molar-refractivity contribution < 1.29 is 4.39 Å². The van der Waals surface area contributed by atoms with E-state index < -0.39 is 0 Å². The molecule has 100 valence electrons. The minimum absolute atomic E-state index is 0.263. The Balaban J connectivity index is 2.19. The van der Waals surface area contributed by atoms with E-state index >= 15 is 0 Å². The Labute approximate surface area is 125 Å². The molecule has 0 amide bonds. The second-order valence-electron chi connectivity index (χ2n) is 4.02. The Hall–Kier alpha value is -1.03. The lowest BCUT2D eigenvalue weighted by Gasteiger charge is -2.12. The molecule has 0 aliphatic heterocycles. The predicted octanol–water partition coefficient (Wildman–Crippen LogP) is 5.10. The van der Waals surface area contributed by atoms with Crippen LogP contribution in [0.4, 0.5) is 10.1 Å². The molecule has 2 rings (SSSR count). The molecule has 0 radical (unpaired) electrons. The average molecular weight is 320 g/mol. The van der Waals surface area contributed by atoms with Crippen molar-refractivity contribution >= 4 is 40.5 Å². The van der Waals surface area contributed by atoms with Gasteiger partial charge in [-0.3, -0.25) is 0 Å². The number of hydrogen-bond acceptors (Lipinski definition) is 2. The highest BCUT2D eigenvalue weighted by Gasteiger charge is 2.09. The van der Waals surface area contributed by atoms with E-state index in [2.05, 4.69) is 10.3 Å². The molecule has 0 saturated carbocycles. The normalized spacial score (nSPS) is 10.6. The van der Waals surface area contributed by atoms with E-state index in [1.165, 1.54) is 6.07 Å². The van der Waals surface area contributed by atoms with Crippen molar-refractivity contribution in [2.24, 2.45) is 0 Å². The van der Waals surface area contributed by atoms with Gasteiger partial charge in [-0.25, -0.2) is 9.37 Å². The fourth-order valence-corrected chi connectivity index (χ4v) is 2.41. The van der Waals surface area contributed by atoms with Crippen LogP contribution in [0.2, 0.25) is 15.3 Å². The Morgan fingerprint density at radius 1 is 1.21 bits per heavy atom. The molecule has 0 bridgehead atoms. The van der Waals surface area contributed by atoms with Gasteiger partial charge >= 0.3 is 0 Å². The molecule has 1 heterocycles. The lowest BCUT2D eigenvalue weighted by molar-refractivity contribution is 0.613. The predicted molar refractivity (Wildman–Crippen MR) is 77.7 cm³/mol. The highest BCUT2D eigenvalue weighted by molar-refractivity contribution is 6.34. The SMILES string of the molecule is Cc1cc(Cl)nc(Cl)c1NCc1ccc(Cl)cc1F. The van der Waals surface area contributed by atoms with Crippen molar-refractivity contribution in [3.8, 4) is 0 Å². The largest absolute Gasteiger partial charge is 0.378 e. The first-order chi connectivity index (χ1) is 8.97. The van der Waals surface area contributed by atoms with Crippen LogP contribution < -0.4 is 5.32 Å². The van der Waals surface area contributed by atoms with Gasteiger partial charge in [0, 0.05) is 17.1 Å². The number of nitrogens with zero attached hydrogens (tertiary/aromatic N) is 1. The van der Waals surface area contributed by atoms with Crippen molar-refractivity contribution in [2.75, 3.05) is 5.32 Å². The first kappa shape index (κ1) is 14.4. The Morgan fingerprint density at radius 3 is 2.58 bits per heavy atom. The van der Waals surface area contributed by atoms with Gasteiger partial charge in [0.05, 0.1) is 5.69 Å². The molecule has 0 unspecified atom stereocenters. The molecule has 1 aromatic heterocycles. The summed E-state index contributed by atoms with van der Waals surface area (Å²) in [5.74, 6) is -0.365. The number of aromatic nitrogens is 1. The summed E-state index contributed by atoms with van der Waals surface area (Å²) >= 11 is 17.5. The van der Waals surface area contributed by atoms with Crippen molar-refractivity contribution in [3.63, 3.8) is 0 Å². The zero-order valence-electron chi connectivity index (χ0n) is 9.98. The van der Waals surface area contributed by atoms with Gasteiger partial charge in [-0.05, 0) is 30.7 Å². The van der Waals surface area contributed by atoms with E-state index in [0.29, 0.717) is 21.4 Å². The summed E-state index contributed by atoms with van der Waals surface area (Å²) in [6.07, 6.45) is 0. The molecule has 0 aliphatic carbocycles. The number of anilines is 1. The number of pyridine rings is 1. The van der Waals surface area contributed by atoms with Crippen LogP contribution in [0.25, 0.3) is 0 Å². The zero-order chi connectivity index (χ0) is 14.0. The molecule has 0 spiro atoms. The third-order valence-electron chi connectivity index (χ3n) is 2.61. The number of halogens is 4. The maximum atomic E-state index is 13.6. The molecule has 2 aromatic rings. The highest BCUT2D eigenvalue weighted by Crippen LogP contribution is 2.27. The van der Waals surface area contributed by atoms with Crippen LogP contribution >= 0.6 is 34.8 Å². The highest BCUT2D eigenvalue weighted by atomic mass is 35.5. The summed E-state index contributed by atoms with van der Waals surface area (Å²) in [7, 11) is 0. The van der Waals surface area contributed by atoms with Crippen LogP contribution in [-0.2, 0) is 6.54 Å². The number of hydrogen-bond donors (Lipinski definition) is 1. The molecule has 1 N–H and O–H groups in total. The van der Waals surface area contributed by atoms with Gasteiger partial charge in [-0.2, -0.15) is 0 Å². The molecular weight excluding hydrogens is 310 g/mol. The van der Waals surface area contributed by atoms with Gasteiger partial charge < -0.3 is 5.32 Å². The van der Waals surface area contributed by atoms with Crippen molar-refractivity contribution in [1.82, 2.24) is 4.98 Å². The molecule has 0 saturated heterocycles. The number of rotatable bonds is 3. The number of nitrogens with one attached hydrogen (secondary N) is 1. The second-order valence-corrected chi connectivity index (χ2v) is 5.20. The van der Waals surface area contributed by atoms with Crippen LogP contribution in [0.3, 0.4) is 0 Å². The van der Waals surface area contributed by atoms with Crippen molar-refractivity contribution in [3.05, 3.63) is 56.5 Å². The summed E-state index contributed by atoms with van der Waals surface area (Å²) < 4.78 is 13.6. The van der Waals surface area contributed by atoms with E-state index in [1.54, 1.807) is 18.2 Å². The molecular formula is C13H10Cl3FN2. The van der Waals surface area contributed by atoms with Gasteiger partial charge in [0.25, 0.3) is 0 Å².